The van der Waals surface area contributed by atoms with Crippen molar-refractivity contribution < 1.29 is 13.9 Å². The van der Waals surface area contributed by atoms with Crippen LogP contribution in [0.4, 0.5) is 9.18 Å². The van der Waals surface area contributed by atoms with Crippen LogP contribution in [0.3, 0.4) is 0 Å². The minimum absolute atomic E-state index is 0.204. The van der Waals surface area contributed by atoms with Crippen LogP contribution in [0.15, 0.2) is 29.1 Å². The first kappa shape index (κ1) is 19.8. The molecular formula is C20H20FN3O3S2. The lowest BCUT2D eigenvalue weighted by Gasteiger charge is -2.29. The number of hydrogen-bond acceptors (Lipinski definition) is 5. The summed E-state index contributed by atoms with van der Waals surface area (Å²) in [5.74, 6) is -0.441. The first-order valence-corrected chi connectivity index (χ1v) is 10.4. The quantitative estimate of drug-likeness (QED) is 0.572. The highest BCUT2D eigenvalue weighted by atomic mass is 32.1. The van der Waals surface area contributed by atoms with Crippen molar-refractivity contribution in [2.75, 3.05) is 6.54 Å². The molecule has 1 aliphatic heterocycles. The van der Waals surface area contributed by atoms with Crippen molar-refractivity contribution in [1.29, 1.82) is 0 Å². The van der Waals surface area contributed by atoms with Crippen molar-refractivity contribution >= 4 is 39.9 Å². The van der Waals surface area contributed by atoms with Crippen LogP contribution >= 0.6 is 23.6 Å². The molecular weight excluding hydrogens is 413 g/mol. The third kappa shape index (κ3) is 3.72. The summed E-state index contributed by atoms with van der Waals surface area (Å²) in [7, 11) is 0. The number of nitrogens with one attached hydrogen (secondary N) is 1. The third-order valence-corrected chi connectivity index (χ3v) is 6.03. The smallest absolute Gasteiger partial charge is 0.410 e. The van der Waals surface area contributed by atoms with E-state index in [9.17, 15) is 14.0 Å². The maximum absolute atomic E-state index is 13.7. The van der Waals surface area contributed by atoms with Crippen LogP contribution in [0.1, 0.15) is 31.2 Å². The predicted molar refractivity (Wildman–Crippen MR) is 113 cm³/mol. The second kappa shape index (κ2) is 7.07. The van der Waals surface area contributed by atoms with Crippen LogP contribution in [0.25, 0.3) is 15.9 Å². The molecule has 4 rings (SSSR count). The molecule has 9 heteroatoms. The second-order valence-corrected chi connectivity index (χ2v) is 9.40. The first-order valence-electron chi connectivity index (χ1n) is 9.17. The zero-order valence-corrected chi connectivity index (χ0v) is 17.9. The molecule has 0 bridgehead atoms. The Bertz CT molecular complexity index is 1240. The fourth-order valence-electron chi connectivity index (χ4n) is 3.41. The lowest BCUT2D eigenvalue weighted by molar-refractivity contribution is 0.0227. The number of benzene rings is 1. The van der Waals surface area contributed by atoms with E-state index in [2.05, 4.69) is 4.98 Å². The Labute approximate surface area is 175 Å². The number of ether oxygens (including phenoxy) is 1. The Balaban J connectivity index is 1.78. The SMILES string of the molecule is CC(C)(C)OC(=O)N1CCc2c(sc3[nH]c(=S)n(-c4cccc(F)c4)c(=O)c23)C1. The highest BCUT2D eigenvalue weighted by Gasteiger charge is 2.29. The molecule has 0 saturated heterocycles. The number of aromatic amines is 1. The maximum atomic E-state index is 13.7. The normalized spacial score (nSPS) is 14.1. The van der Waals surface area contributed by atoms with E-state index < -0.39 is 11.4 Å². The molecule has 29 heavy (non-hydrogen) atoms. The molecule has 0 atom stereocenters. The van der Waals surface area contributed by atoms with Crippen molar-refractivity contribution in [3.05, 3.63) is 55.6 Å². The second-order valence-electron chi connectivity index (χ2n) is 7.91. The zero-order valence-electron chi connectivity index (χ0n) is 16.2. The van der Waals surface area contributed by atoms with Gasteiger partial charge >= 0.3 is 6.09 Å². The molecule has 0 unspecified atom stereocenters. The Kier molecular flexibility index (Phi) is 4.82. The van der Waals surface area contributed by atoms with Crippen LogP contribution in [0, 0.1) is 10.6 Å². The molecule has 0 aliphatic carbocycles. The van der Waals surface area contributed by atoms with Gasteiger partial charge in [0.05, 0.1) is 17.6 Å². The van der Waals surface area contributed by atoms with Gasteiger partial charge in [-0.15, -0.1) is 11.3 Å². The van der Waals surface area contributed by atoms with Gasteiger partial charge in [-0.3, -0.25) is 9.36 Å². The molecule has 1 aromatic carbocycles. The number of halogens is 1. The highest BCUT2D eigenvalue weighted by molar-refractivity contribution is 7.71. The Morgan fingerprint density at radius 1 is 1.34 bits per heavy atom. The first-order chi connectivity index (χ1) is 13.6. The summed E-state index contributed by atoms with van der Waals surface area (Å²) >= 11 is 6.78. The Hall–Kier alpha value is -2.52. The van der Waals surface area contributed by atoms with Gasteiger partial charge in [0.2, 0.25) is 0 Å². The van der Waals surface area contributed by atoms with E-state index in [1.807, 2.05) is 20.8 Å². The molecule has 1 N–H and O–H groups in total. The molecule has 3 heterocycles. The molecule has 3 aromatic rings. The van der Waals surface area contributed by atoms with Gasteiger partial charge in [-0.2, -0.15) is 0 Å². The van der Waals surface area contributed by atoms with E-state index in [0.717, 1.165) is 10.4 Å². The van der Waals surface area contributed by atoms with Gasteiger partial charge < -0.3 is 14.6 Å². The summed E-state index contributed by atoms with van der Waals surface area (Å²) in [6, 6.07) is 5.78. The summed E-state index contributed by atoms with van der Waals surface area (Å²) in [4.78, 5) is 32.0. The third-order valence-electron chi connectivity index (χ3n) is 4.62. The Morgan fingerprint density at radius 3 is 2.79 bits per heavy atom. The molecule has 6 nitrogen and oxygen atoms in total. The topological polar surface area (TPSA) is 67.3 Å². The van der Waals surface area contributed by atoms with Crippen LogP contribution in [-0.4, -0.2) is 32.7 Å². The minimum atomic E-state index is -0.568. The maximum Gasteiger partial charge on any atom is 0.410 e. The number of thiophene rings is 1. The van der Waals surface area contributed by atoms with Crippen molar-refractivity contribution in [2.45, 2.75) is 39.3 Å². The van der Waals surface area contributed by atoms with E-state index in [4.69, 9.17) is 17.0 Å². The molecule has 0 radical (unpaired) electrons. The van der Waals surface area contributed by atoms with Gasteiger partial charge in [0.1, 0.15) is 16.2 Å². The molecule has 2 aromatic heterocycles. The molecule has 1 aliphatic rings. The largest absolute Gasteiger partial charge is 0.444 e. The average Bonchev–Trinajstić information content (AvgIpc) is 2.97. The monoisotopic (exact) mass is 433 g/mol. The van der Waals surface area contributed by atoms with Crippen LogP contribution in [-0.2, 0) is 17.7 Å². The fourth-order valence-corrected chi connectivity index (χ4v) is 5.02. The minimum Gasteiger partial charge on any atom is -0.444 e. The molecule has 152 valence electrons. The lowest BCUT2D eigenvalue weighted by Crippen LogP contribution is -2.39. The van der Waals surface area contributed by atoms with Gasteiger partial charge in [-0.05, 0) is 63.2 Å². The van der Waals surface area contributed by atoms with E-state index in [0.29, 0.717) is 35.4 Å². The van der Waals surface area contributed by atoms with Crippen LogP contribution < -0.4 is 5.56 Å². The lowest BCUT2D eigenvalue weighted by atomic mass is 10.1. The summed E-state index contributed by atoms with van der Waals surface area (Å²) in [5, 5.41) is 0.548. The van der Waals surface area contributed by atoms with E-state index in [1.54, 1.807) is 11.0 Å². The van der Waals surface area contributed by atoms with Gasteiger partial charge in [-0.1, -0.05) is 6.07 Å². The number of nitrogens with zero attached hydrogens (tertiary/aromatic N) is 2. The number of amides is 1. The number of hydrogen-bond donors (Lipinski definition) is 1. The number of H-pyrrole nitrogens is 1. The standard InChI is InChI=1S/C20H20FN3O3S2/c1-20(2,3)27-19(26)23-8-7-13-14(10-23)29-16-15(13)17(25)24(18(28)22-16)12-6-4-5-11(21)9-12/h4-6,9H,7-8,10H2,1-3H3,(H,22,28). The molecule has 0 fully saturated rings. The van der Waals surface area contributed by atoms with E-state index in [1.165, 1.54) is 34.1 Å². The zero-order chi connectivity index (χ0) is 20.9. The van der Waals surface area contributed by atoms with Crippen LogP contribution in [0.2, 0.25) is 0 Å². The van der Waals surface area contributed by atoms with E-state index >= 15 is 0 Å². The number of rotatable bonds is 1. The summed E-state index contributed by atoms with van der Waals surface area (Å²) in [6.45, 7) is 6.32. The predicted octanol–water partition coefficient (Wildman–Crippen LogP) is 4.54. The number of carbonyl (C=O) groups excluding carboxylic acids is 1. The molecule has 0 spiro atoms. The average molecular weight is 434 g/mol. The van der Waals surface area contributed by atoms with E-state index in [-0.39, 0.29) is 16.4 Å². The fraction of sp³-hybridized carbons (Fsp3) is 0.350. The number of fused-ring (bicyclic) bond motifs is 3. The van der Waals surface area contributed by atoms with Gasteiger partial charge in [0.15, 0.2) is 4.77 Å². The molecule has 0 saturated carbocycles. The number of carbonyl (C=O) groups is 1. The Morgan fingerprint density at radius 2 is 2.10 bits per heavy atom. The molecule has 1 amide bonds. The van der Waals surface area contributed by atoms with Crippen molar-refractivity contribution in [2.24, 2.45) is 0 Å². The van der Waals surface area contributed by atoms with Crippen LogP contribution in [0.5, 0.6) is 0 Å². The highest BCUT2D eigenvalue weighted by Crippen LogP contribution is 2.33. The summed E-state index contributed by atoms with van der Waals surface area (Å²) in [6.07, 6.45) is 0.170. The number of aromatic nitrogens is 2. The van der Waals surface area contributed by atoms with Gasteiger partial charge in [0.25, 0.3) is 5.56 Å². The van der Waals surface area contributed by atoms with Crippen molar-refractivity contribution in [3.8, 4) is 5.69 Å². The summed E-state index contributed by atoms with van der Waals surface area (Å²) in [5.41, 5.74) is 0.439. The summed E-state index contributed by atoms with van der Waals surface area (Å²) < 4.78 is 20.7. The van der Waals surface area contributed by atoms with Gasteiger partial charge in [0, 0.05) is 11.4 Å². The van der Waals surface area contributed by atoms with Gasteiger partial charge in [-0.25, -0.2) is 9.18 Å². The van der Waals surface area contributed by atoms with Crippen molar-refractivity contribution in [1.82, 2.24) is 14.5 Å². The van der Waals surface area contributed by atoms with Crippen molar-refractivity contribution in [3.63, 3.8) is 0 Å².